The van der Waals surface area contributed by atoms with E-state index < -0.39 is 10.8 Å². The van der Waals surface area contributed by atoms with E-state index in [0.717, 1.165) is 0 Å². The highest BCUT2D eigenvalue weighted by Gasteiger charge is 2.12. The number of hydrazone groups is 1. The lowest BCUT2D eigenvalue weighted by Gasteiger charge is -2.00. The van der Waals surface area contributed by atoms with Crippen molar-refractivity contribution in [3.05, 3.63) is 69.0 Å². The smallest absolute Gasteiger partial charge is 0.267 e. The van der Waals surface area contributed by atoms with E-state index in [0.29, 0.717) is 10.6 Å². The van der Waals surface area contributed by atoms with Gasteiger partial charge in [0.15, 0.2) is 0 Å². The molecule has 0 fully saturated rings. The minimum atomic E-state index is -0.553. The zero-order chi connectivity index (χ0) is 15.2. The maximum Gasteiger partial charge on any atom is 0.278 e. The van der Waals surface area contributed by atoms with Crippen LogP contribution in [0.2, 0.25) is 5.02 Å². The fourth-order valence-corrected chi connectivity index (χ4v) is 1.70. The van der Waals surface area contributed by atoms with Crippen molar-refractivity contribution < 1.29 is 9.72 Å². The molecule has 0 saturated carbocycles. The molecular weight excluding hydrogens is 296 g/mol. The van der Waals surface area contributed by atoms with Crippen LogP contribution in [0.1, 0.15) is 15.9 Å². The van der Waals surface area contributed by atoms with Gasteiger partial charge in [0.1, 0.15) is 0 Å². The highest BCUT2D eigenvalue weighted by atomic mass is 35.5. The molecule has 0 bridgehead atoms. The van der Waals surface area contributed by atoms with E-state index in [1.807, 2.05) is 0 Å². The Morgan fingerprint density at radius 2 is 2.05 bits per heavy atom. The highest BCUT2D eigenvalue weighted by Crippen LogP contribution is 2.20. The quantitative estimate of drug-likeness (QED) is 0.533. The number of carbonyl (C=O) groups is 1. The van der Waals surface area contributed by atoms with Crippen LogP contribution < -0.4 is 5.43 Å². The molecule has 0 aliphatic heterocycles. The van der Waals surface area contributed by atoms with Gasteiger partial charge in [0.25, 0.3) is 11.6 Å². The summed E-state index contributed by atoms with van der Waals surface area (Å²) in [7, 11) is 0. The van der Waals surface area contributed by atoms with Crippen molar-refractivity contribution in [2.75, 3.05) is 0 Å². The van der Waals surface area contributed by atoms with Crippen molar-refractivity contribution >= 4 is 29.4 Å². The third-order valence-corrected chi connectivity index (χ3v) is 2.73. The minimum absolute atomic E-state index is 0.152. The third-order valence-electron chi connectivity index (χ3n) is 2.50. The van der Waals surface area contributed by atoms with E-state index in [2.05, 4.69) is 15.5 Å². The second kappa shape index (κ2) is 6.58. The number of hydrogen-bond donors (Lipinski definition) is 1. The van der Waals surface area contributed by atoms with Gasteiger partial charge in [-0.05, 0) is 24.3 Å². The highest BCUT2D eigenvalue weighted by molar-refractivity contribution is 6.31. The molecule has 2 rings (SSSR count). The number of amides is 1. The van der Waals surface area contributed by atoms with Gasteiger partial charge < -0.3 is 0 Å². The zero-order valence-corrected chi connectivity index (χ0v) is 11.3. The van der Waals surface area contributed by atoms with Gasteiger partial charge in [-0.15, -0.1) is 0 Å². The van der Waals surface area contributed by atoms with Gasteiger partial charge >= 0.3 is 0 Å². The molecule has 0 spiro atoms. The molecule has 2 aromatic rings. The average molecular weight is 305 g/mol. The summed E-state index contributed by atoms with van der Waals surface area (Å²) >= 11 is 5.78. The first-order valence-corrected chi connectivity index (χ1v) is 6.13. The van der Waals surface area contributed by atoms with Gasteiger partial charge in [-0.25, -0.2) is 5.43 Å². The molecule has 0 unspecified atom stereocenters. The number of rotatable bonds is 4. The van der Waals surface area contributed by atoms with Crippen LogP contribution >= 0.6 is 11.6 Å². The fourth-order valence-electron chi connectivity index (χ4n) is 1.52. The minimum Gasteiger partial charge on any atom is -0.267 e. The molecule has 1 heterocycles. The second-order valence-corrected chi connectivity index (χ2v) is 4.33. The Bertz CT molecular complexity index is 704. The summed E-state index contributed by atoms with van der Waals surface area (Å²) in [4.78, 5) is 25.8. The number of nitrogens with zero attached hydrogens (tertiary/aromatic N) is 3. The average Bonchev–Trinajstić information content (AvgIpc) is 2.48. The summed E-state index contributed by atoms with van der Waals surface area (Å²) in [6, 6.07) is 7.11. The van der Waals surface area contributed by atoms with Crippen LogP contribution in [-0.4, -0.2) is 22.0 Å². The van der Waals surface area contributed by atoms with Crippen LogP contribution in [0.3, 0.4) is 0 Å². The van der Waals surface area contributed by atoms with Crippen LogP contribution in [-0.2, 0) is 0 Å². The molecule has 1 aromatic carbocycles. The molecule has 106 valence electrons. The maximum absolute atomic E-state index is 11.7. The molecule has 1 N–H and O–H groups in total. The second-order valence-electron chi connectivity index (χ2n) is 3.90. The van der Waals surface area contributed by atoms with Crippen LogP contribution in [0, 0.1) is 10.1 Å². The lowest BCUT2D eigenvalue weighted by molar-refractivity contribution is -0.385. The van der Waals surface area contributed by atoms with Crippen LogP contribution in [0.4, 0.5) is 5.69 Å². The molecule has 0 atom stereocenters. The van der Waals surface area contributed by atoms with Crippen LogP contribution in [0.25, 0.3) is 0 Å². The van der Waals surface area contributed by atoms with Gasteiger partial charge in [0.05, 0.1) is 16.7 Å². The predicted octanol–water partition coefficient (Wildman–Crippen LogP) is 2.41. The first kappa shape index (κ1) is 14.6. The Morgan fingerprint density at radius 3 is 2.71 bits per heavy atom. The standard InChI is InChI=1S/C13H9ClN4O3/c14-11-1-2-12(18(20)21)10(7-11)8-16-17-13(19)9-3-5-15-6-4-9/h1-8H,(H,17,19)/b16-8+. The van der Waals surface area contributed by atoms with E-state index in [9.17, 15) is 14.9 Å². The number of halogens is 1. The molecule has 21 heavy (non-hydrogen) atoms. The molecule has 0 aliphatic rings. The van der Waals surface area contributed by atoms with E-state index in [-0.39, 0.29) is 11.3 Å². The molecule has 0 radical (unpaired) electrons. The summed E-state index contributed by atoms with van der Waals surface area (Å²) in [5.74, 6) is -0.446. The SMILES string of the molecule is O=C(N/N=C/c1cc(Cl)ccc1[N+](=O)[O-])c1ccncc1. The van der Waals surface area contributed by atoms with Gasteiger partial charge in [-0.2, -0.15) is 5.10 Å². The number of nitrogens with one attached hydrogen (secondary N) is 1. The van der Waals surface area contributed by atoms with E-state index >= 15 is 0 Å². The molecule has 0 saturated heterocycles. The number of hydrogen-bond acceptors (Lipinski definition) is 5. The molecule has 1 amide bonds. The van der Waals surface area contributed by atoms with Crippen LogP contribution in [0.5, 0.6) is 0 Å². The van der Waals surface area contributed by atoms with Gasteiger partial charge in [0, 0.05) is 29.0 Å². The lowest BCUT2D eigenvalue weighted by atomic mass is 10.2. The molecule has 7 nitrogen and oxygen atoms in total. The van der Waals surface area contributed by atoms with Gasteiger partial charge in [0.2, 0.25) is 0 Å². The van der Waals surface area contributed by atoms with Crippen molar-refractivity contribution in [3.8, 4) is 0 Å². The monoisotopic (exact) mass is 304 g/mol. The normalized spacial score (nSPS) is 10.5. The molecule has 8 heteroatoms. The van der Waals surface area contributed by atoms with E-state index in [4.69, 9.17) is 11.6 Å². The van der Waals surface area contributed by atoms with Crippen molar-refractivity contribution in [2.45, 2.75) is 0 Å². The van der Waals surface area contributed by atoms with Crippen molar-refractivity contribution in [3.63, 3.8) is 0 Å². The van der Waals surface area contributed by atoms with Crippen LogP contribution in [0.15, 0.2) is 47.8 Å². The molecule has 0 aliphatic carbocycles. The summed E-state index contributed by atoms with van der Waals surface area (Å²) in [6.45, 7) is 0. The predicted molar refractivity (Wildman–Crippen MR) is 77.4 cm³/mol. The Balaban J connectivity index is 2.13. The summed E-state index contributed by atoms with van der Waals surface area (Å²) in [5, 5.41) is 14.9. The van der Waals surface area contributed by atoms with E-state index in [1.54, 1.807) is 0 Å². The number of benzene rings is 1. The number of pyridine rings is 1. The Kier molecular flexibility index (Phi) is 4.57. The number of nitro groups is 1. The van der Waals surface area contributed by atoms with Crippen molar-refractivity contribution in [2.24, 2.45) is 5.10 Å². The largest absolute Gasteiger partial charge is 0.278 e. The molecular formula is C13H9ClN4O3. The summed E-state index contributed by atoms with van der Waals surface area (Å²) < 4.78 is 0. The Labute approximate surface area is 124 Å². The Morgan fingerprint density at radius 1 is 1.33 bits per heavy atom. The third kappa shape index (κ3) is 3.83. The lowest BCUT2D eigenvalue weighted by Crippen LogP contribution is -2.17. The summed E-state index contributed by atoms with van der Waals surface area (Å²) in [5.41, 5.74) is 2.69. The number of nitro benzene ring substituents is 1. The number of aromatic nitrogens is 1. The van der Waals surface area contributed by atoms with Crippen molar-refractivity contribution in [1.82, 2.24) is 10.4 Å². The Hall–Kier alpha value is -2.80. The van der Waals surface area contributed by atoms with E-state index in [1.165, 1.54) is 48.9 Å². The number of carbonyl (C=O) groups excluding carboxylic acids is 1. The zero-order valence-electron chi connectivity index (χ0n) is 10.6. The molecule has 1 aromatic heterocycles. The first-order valence-electron chi connectivity index (χ1n) is 5.75. The first-order chi connectivity index (χ1) is 10.1. The summed E-state index contributed by atoms with van der Waals surface area (Å²) in [6.07, 6.45) is 4.12. The van der Waals surface area contributed by atoms with Gasteiger partial charge in [-0.1, -0.05) is 11.6 Å². The topological polar surface area (TPSA) is 97.5 Å². The van der Waals surface area contributed by atoms with Gasteiger partial charge in [-0.3, -0.25) is 19.9 Å². The van der Waals surface area contributed by atoms with Crippen molar-refractivity contribution in [1.29, 1.82) is 0 Å². The maximum atomic E-state index is 11.7. The fraction of sp³-hybridized carbons (Fsp3) is 0.